The van der Waals surface area contributed by atoms with Gasteiger partial charge in [0.2, 0.25) is 0 Å². The van der Waals surface area contributed by atoms with Crippen molar-refractivity contribution in [3.05, 3.63) is 35.4 Å². The number of fused-ring (bicyclic) bond motifs is 1. The third-order valence-electron chi connectivity index (χ3n) is 2.89. The first kappa shape index (κ1) is 13.6. The molecule has 4 heteroatoms. The molecule has 0 bridgehead atoms. The van der Waals surface area contributed by atoms with E-state index in [1.54, 1.807) is 0 Å². The second-order valence-electron chi connectivity index (χ2n) is 5.82. The summed E-state index contributed by atoms with van der Waals surface area (Å²) in [5.41, 5.74) is 1.46. The van der Waals surface area contributed by atoms with Crippen molar-refractivity contribution in [2.75, 3.05) is 6.54 Å². The first-order valence-electron chi connectivity index (χ1n) is 6.41. The molecule has 0 saturated heterocycles. The largest absolute Gasteiger partial charge is 0.444 e. The van der Waals surface area contributed by atoms with Gasteiger partial charge in [0.25, 0.3) is 0 Å². The van der Waals surface area contributed by atoms with E-state index in [0.717, 1.165) is 11.1 Å². The lowest BCUT2D eigenvalue weighted by Crippen LogP contribution is -2.38. The summed E-state index contributed by atoms with van der Waals surface area (Å²) in [5, 5.41) is 0. The maximum absolute atomic E-state index is 12.1. The highest BCUT2D eigenvalue weighted by atomic mass is 16.6. The van der Waals surface area contributed by atoms with E-state index < -0.39 is 11.7 Å². The predicted molar refractivity (Wildman–Crippen MR) is 71.8 cm³/mol. The van der Waals surface area contributed by atoms with Crippen molar-refractivity contribution in [3.63, 3.8) is 0 Å². The number of amides is 1. The molecular weight excluding hydrogens is 242 g/mol. The van der Waals surface area contributed by atoms with Crippen molar-refractivity contribution < 1.29 is 14.3 Å². The zero-order chi connectivity index (χ0) is 14.0. The summed E-state index contributed by atoms with van der Waals surface area (Å²) in [6.07, 6.45) is -0.0484. The Balaban J connectivity index is 2.20. The summed E-state index contributed by atoms with van der Waals surface area (Å²) in [7, 11) is 0. The Morgan fingerprint density at radius 1 is 1.16 bits per heavy atom. The smallest absolute Gasteiger partial charge is 0.410 e. The van der Waals surface area contributed by atoms with Crippen LogP contribution in [0.15, 0.2) is 24.3 Å². The summed E-state index contributed by atoms with van der Waals surface area (Å²) in [6.45, 7) is 6.00. The third kappa shape index (κ3) is 3.56. The van der Waals surface area contributed by atoms with Gasteiger partial charge in [0.05, 0.1) is 6.54 Å². The lowest BCUT2D eigenvalue weighted by molar-refractivity contribution is -0.119. The molecule has 2 rings (SSSR count). The van der Waals surface area contributed by atoms with E-state index >= 15 is 0 Å². The molecule has 4 nitrogen and oxygen atoms in total. The van der Waals surface area contributed by atoms with Gasteiger partial charge in [-0.05, 0) is 31.9 Å². The molecule has 1 aromatic rings. The number of hydrogen-bond donors (Lipinski definition) is 0. The topological polar surface area (TPSA) is 46.6 Å². The SMILES string of the molecule is CC(C)(C)OC(=O)N1CC(=O)Cc2ccccc2C1. The van der Waals surface area contributed by atoms with E-state index in [-0.39, 0.29) is 12.3 Å². The molecule has 0 aromatic heterocycles. The van der Waals surface area contributed by atoms with Gasteiger partial charge < -0.3 is 4.74 Å². The Kier molecular flexibility index (Phi) is 3.60. The molecule has 1 aliphatic heterocycles. The number of benzene rings is 1. The first-order chi connectivity index (χ1) is 8.85. The maximum atomic E-state index is 12.1. The van der Waals surface area contributed by atoms with Crippen molar-refractivity contribution in [3.8, 4) is 0 Å². The Morgan fingerprint density at radius 3 is 2.42 bits per heavy atom. The average Bonchev–Trinajstić information content (AvgIpc) is 2.44. The first-order valence-corrected chi connectivity index (χ1v) is 6.41. The molecule has 0 fully saturated rings. The van der Waals surface area contributed by atoms with Crippen LogP contribution in [0, 0.1) is 0 Å². The fourth-order valence-corrected chi connectivity index (χ4v) is 2.08. The number of ketones is 1. The van der Waals surface area contributed by atoms with Crippen LogP contribution in [0.2, 0.25) is 0 Å². The molecule has 1 aromatic carbocycles. The Bertz CT molecular complexity index is 502. The van der Waals surface area contributed by atoms with E-state index in [2.05, 4.69) is 0 Å². The molecule has 1 amide bonds. The molecule has 102 valence electrons. The number of ether oxygens (including phenoxy) is 1. The molecule has 19 heavy (non-hydrogen) atoms. The van der Waals surface area contributed by atoms with Gasteiger partial charge in [0.1, 0.15) is 5.60 Å². The highest BCUT2D eigenvalue weighted by Gasteiger charge is 2.27. The maximum Gasteiger partial charge on any atom is 0.410 e. The van der Waals surface area contributed by atoms with Crippen molar-refractivity contribution in [1.82, 2.24) is 4.90 Å². The second kappa shape index (κ2) is 5.03. The molecule has 0 N–H and O–H groups in total. The van der Waals surface area contributed by atoms with Gasteiger partial charge in [-0.2, -0.15) is 0 Å². The Morgan fingerprint density at radius 2 is 1.79 bits per heavy atom. The van der Waals surface area contributed by atoms with Crippen LogP contribution in [-0.4, -0.2) is 28.9 Å². The summed E-state index contributed by atoms with van der Waals surface area (Å²) in [6, 6.07) is 7.72. The predicted octanol–water partition coefficient (Wildman–Crippen LogP) is 2.55. The van der Waals surface area contributed by atoms with Crippen LogP contribution in [0.1, 0.15) is 31.9 Å². The zero-order valence-electron chi connectivity index (χ0n) is 11.6. The van der Waals surface area contributed by atoms with Crippen LogP contribution in [0.25, 0.3) is 0 Å². The van der Waals surface area contributed by atoms with E-state index in [9.17, 15) is 9.59 Å². The van der Waals surface area contributed by atoms with Crippen LogP contribution in [-0.2, 0) is 22.5 Å². The number of rotatable bonds is 0. The van der Waals surface area contributed by atoms with E-state index in [0.29, 0.717) is 13.0 Å². The minimum atomic E-state index is -0.550. The molecule has 0 radical (unpaired) electrons. The number of nitrogens with zero attached hydrogens (tertiary/aromatic N) is 1. The normalized spacial score (nSPS) is 15.7. The number of Topliss-reactive ketones (excluding diaryl/α,β-unsaturated/α-hetero) is 1. The minimum Gasteiger partial charge on any atom is -0.444 e. The lowest BCUT2D eigenvalue weighted by Gasteiger charge is -2.26. The molecule has 1 heterocycles. The molecule has 0 saturated carbocycles. The summed E-state index contributed by atoms with van der Waals surface area (Å²) in [4.78, 5) is 25.4. The van der Waals surface area contributed by atoms with Gasteiger partial charge in [0, 0.05) is 13.0 Å². The van der Waals surface area contributed by atoms with Crippen molar-refractivity contribution in [1.29, 1.82) is 0 Å². The van der Waals surface area contributed by atoms with Gasteiger partial charge in [-0.15, -0.1) is 0 Å². The highest BCUT2D eigenvalue weighted by molar-refractivity contribution is 5.87. The quantitative estimate of drug-likeness (QED) is 0.721. The van der Waals surface area contributed by atoms with Crippen LogP contribution in [0.3, 0.4) is 0 Å². The summed E-state index contributed by atoms with van der Waals surface area (Å²) < 4.78 is 5.33. The molecule has 0 unspecified atom stereocenters. The van der Waals surface area contributed by atoms with Crippen molar-refractivity contribution >= 4 is 11.9 Å². The number of hydrogen-bond acceptors (Lipinski definition) is 3. The second-order valence-corrected chi connectivity index (χ2v) is 5.82. The van der Waals surface area contributed by atoms with E-state index in [4.69, 9.17) is 4.74 Å². The number of carbonyl (C=O) groups is 2. The van der Waals surface area contributed by atoms with Gasteiger partial charge in [-0.25, -0.2) is 4.79 Å². The Labute approximate surface area is 113 Å². The Hall–Kier alpha value is -1.84. The monoisotopic (exact) mass is 261 g/mol. The van der Waals surface area contributed by atoms with Crippen LogP contribution >= 0.6 is 0 Å². The lowest BCUT2D eigenvalue weighted by atomic mass is 10.0. The highest BCUT2D eigenvalue weighted by Crippen LogP contribution is 2.19. The average molecular weight is 261 g/mol. The van der Waals surface area contributed by atoms with E-state index in [1.165, 1.54) is 4.90 Å². The van der Waals surface area contributed by atoms with Gasteiger partial charge in [-0.3, -0.25) is 9.69 Å². The molecule has 0 aliphatic carbocycles. The zero-order valence-corrected chi connectivity index (χ0v) is 11.6. The fourth-order valence-electron chi connectivity index (χ4n) is 2.08. The third-order valence-corrected chi connectivity index (χ3v) is 2.89. The molecule has 1 aliphatic rings. The summed E-state index contributed by atoms with van der Waals surface area (Å²) in [5.74, 6) is 0.0378. The van der Waals surface area contributed by atoms with E-state index in [1.807, 2.05) is 45.0 Å². The van der Waals surface area contributed by atoms with Crippen LogP contribution in [0.4, 0.5) is 4.79 Å². The molecule has 0 atom stereocenters. The van der Waals surface area contributed by atoms with Gasteiger partial charge in [-0.1, -0.05) is 24.3 Å². The van der Waals surface area contributed by atoms with Crippen molar-refractivity contribution in [2.45, 2.75) is 39.3 Å². The van der Waals surface area contributed by atoms with Crippen LogP contribution in [0.5, 0.6) is 0 Å². The standard InChI is InChI=1S/C15H19NO3/c1-15(2,3)19-14(18)16-9-12-7-5-4-6-11(12)8-13(17)10-16/h4-7H,8-10H2,1-3H3. The molecular formula is C15H19NO3. The molecule has 0 spiro atoms. The number of carbonyl (C=O) groups excluding carboxylic acids is 2. The van der Waals surface area contributed by atoms with Gasteiger partial charge in [0.15, 0.2) is 5.78 Å². The summed E-state index contributed by atoms with van der Waals surface area (Å²) >= 11 is 0. The minimum absolute atomic E-state index is 0.0378. The van der Waals surface area contributed by atoms with Crippen LogP contribution < -0.4 is 0 Å². The van der Waals surface area contributed by atoms with Gasteiger partial charge >= 0.3 is 6.09 Å². The van der Waals surface area contributed by atoms with Crippen molar-refractivity contribution in [2.24, 2.45) is 0 Å². The fraction of sp³-hybridized carbons (Fsp3) is 0.467.